The molecule has 0 radical (unpaired) electrons. The Hall–Kier alpha value is -1.95. The maximum atomic E-state index is 10.6. The van der Waals surface area contributed by atoms with Crippen LogP contribution in [0.1, 0.15) is 5.82 Å². The fourth-order valence-corrected chi connectivity index (χ4v) is 1.36. The van der Waals surface area contributed by atoms with Crippen molar-refractivity contribution in [3.8, 4) is 0 Å². The molecule has 0 aliphatic rings. The van der Waals surface area contributed by atoms with Gasteiger partial charge in [0.2, 0.25) is 5.82 Å². The van der Waals surface area contributed by atoms with Crippen molar-refractivity contribution in [3.63, 3.8) is 0 Å². The Kier molecular flexibility index (Phi) is 1.90. The van der Waals surface area contributed by atoms with E-state index in [4.69, 9.17) is 5.73 Å². The van der Waals surface area contributed by atoms with E-state index in [1.165, 1.54) is 0 Å². The van der Waals surface area contributed by atoms with Gasteiger partial charge < -0.3 is 15.8 Å². The fourth-order valence-electron chi connectivity index (χ4n) is 1.36. The average molecular weight is 192 g/mol. The number of hydrogen-bond acceptors (Lipinski definition) is 4. The topological polar surface area (TPSA) is 86.5 Å². The molecule has 2 aromatic heterocycles. The summed E-state index contributed by atoms with van der Waals surface area (Å²) in [5.41, 5.74) is 5.89. The van der Waals surface area contributed by atoms with Gasteiger partial charge in [0.05, 0.1) is 6.54 Å². The number of hydrogen-bond donors (Lipinski definition) is 1. The Balaban J connectivity index is 2.80. The molecular weight excluding hydrogens is 184 g/mol. The number of imidazole rings is 1. The Morgan fingerprint density at radius 3 is 3.00 bits per heavy atom. The molecule has 0 aliphatic carbocycles. The van der Waals surface area contributed by atoms with Crippen LogP contribution in [0.5, 0.6) is 0 Å². The van der Waals surface area contributed by atoms with Crippen LogP contribution >= 0.6 is 0 Å². The van der Waals surface area contributed by atoms with E-state index in [1.54, 1.807) is 28.8 Å². The molecule has 6 heteroatoms. The normalized spacial score (nSPS) is 10.6. The molecule has 0 spiro atoms. The van der Waals surface area contributed by atoms with Crippen LogP contribution in [0.4, 0.5) is 5.82 Å². The number of nitro groups is 1. The van der Waals surface area contributed by atoms with Gasteiger partial charge in [0.15, 0.2) is 0 Å². The third kappa shape index (κ3) is 1.12. The Morgan fingerprint density at radius 2 is 2.36 bits per heavy atom. The van der Waals surface area contributed by atoms with Gasteiger partial charge in [0.1, 0.15) is 5.52 Å². The van der Waals surface area contributed by atoms with Crippen LogP contribution in [-0.2, 0) is 6.54 Å². The number of pyridine rings is 1. The summed E-state index contributed by atoms with van der Waals surface area (Å²) in [7, 11) is 0. The number of rotatable bonds is 2. The lowest BCUT2D eigenvalue weighted by Crippen LogP contribution is -2.01. The van der Waals surface area contributed by atoms with Crippen molar-refractivity contribution in [2.24, 2.45) is 5.73 Å². The molecule has 0 amide bonds. The summed E-state index contributed by atoms with van der Waals surface area (Å²) in [6, 6.07) is 5.15. The van der Waals surface area contributed by atoms with Gasteiger partial charge >= 0.3 is 5.82 Å². The monoisotopic (exact) mass is 192 g/mol. The maximum Gasteiger partial charge on any atom is 0.389 e. The van der Waals surface area contributed by atoms with Crippen molar-refractivity contribution >= 4 is 11.3 Å². The summed E-state index contributed by atoms with van der Waals surface area (Å²) < 4.78 is 1.62. The molecule has 14 heavy (non-hydrogen) atoms. The molecule has 2 rings (SSSR count). The molecule has 0 fully saturated rings. The lowest BCUT2D eigenvalue weighted by atomic mass is 10.4. The lowest BCUT2D eigenvalue weighted by Gasteiger charge is -1.92. The van der Waals surface area contributed by atoms with Crippen molar-refractivity contribution in [3.05, 3.63) is 40.3 Å². The highest BCUT2D eigenvalue weighted by molar-refractivity contribution is 5.62. The second kappa shape index (κ2) is 3.08. The Bertz CT molecular complexity index is 491. The van der Waals surface area contributed by atoms with Gasteiger partial charge in [-0.25, -0.2) is 0 Å². The number of nitrogens with zero attached hydrogens (tertiary/aromatic N) is 3. The van der Waals surface area contributed by atoms with E-state index in [2.05, 4.69) is 4.98 Å². The third-order valence-electron chi connectivity index (χ3n) is 1.96. The molecule has 0 aromatic carbocycles. The quantitative estimate of drug-likeness (QED) is 0.560. The van der Waals surface area contributed by atoms with Crippen molar-refractivity contribution in [2.75, 3.05) is 0 Å². The Morgan fingerprint density at radius 1 is 1.57 bits per heavy atom. The SMILES string of the molecule is NCc1nc([N+](=O)[O-])c2ccccn12. The van der Waals surface area contributed by atoms with Gasteiger partial charge in [-0.15, -0.1) is 0 Å². The smallest absolute Gasteiger partial charge is 0.358 e. The largest absolute Gasteiger partial charge is 0.389 e. The highest BCUT2D eigenvalue weighted by Gasteiger charge is 2.19. The summed E-state index contributed by atoms with van der Waals surface area (Å²) in [4.78, 5) is 14.0. The molecular formula is C8H8N4O2. The second-order valence-electron chi connectivity index (χ2n) is 2.77. The summed E-state index contributed by atoms with van der Waals surface area (Å²) in [6.07, 6.45) is 1.71. The predicted octanol–water partition coefficient (Wildman–Crippen LogP) is 0.701. The van der Waals surface area contributed by atoms with Crippen LogP contribution in [0.15, 0.2) is 24.4 Å². The van der Waals surface area contributed by atoms with E-state index in [9.17, 15) is 10.1 Å². The molecule has 72 valence electrons. The van der Waals surface area contributed by atoms with Crippen LogP contribution in [0, 0.1) is 10.1 Å². The molecule has 0 saturated heterocycles. The van der Waals surface area contributed by atoms with E-state index >= 15 is 0 Å². The number of fused-ring (bicyclic) bond motifs is 1. The van der Waals surface area contributed by atoms with Crippen molar-refractivity contribution in [1.29, 1.82) is 0 Å². The van der Waals surface area contributed by atoms with E-state index in [1.807, 2.05) is 0 Å². The Labute approximate surface area is 79.1 Å². The third-order valence-corrected chi connectivity index (χ3v) is 1.96. The molecule has 2 heterocycles. The highest BCUT2D eigenvalue weighted by atomic mass is 16.6. The number of aromatic nitrogens is 2. The van der Waals surface area contributed by atoms with E-state index < -0.39 is 4.92 Å². The first-order chi connectivity index (χ1) is 6.74. The van der Waals surface area contributed by atoms with Crippen molar-refractivity contribution in [2.45, 2.75) is 6.54 Å². The summed E-state index contributed by atoms with van der Waals surface area (Å²) >= 11 is 0. The van der Waals surface area contributed by atoms with Gasteiger partial charge in [-0.1, -0.05) is 6.07 Å². The highest BCUT2D eigenvalue weighted by Crippen LogP contribution is 2.19. The first-order valence-electron chi connectivity index (χ1n) is 4.04. The van der Waals surface area contributed by atoms with Crippen LogP contribution in [0.3, 0.4) is 0 Å². The van der Waals surface area contributed by atoms with Gasteiger partial charge in [-0.05, 0) is 22.0 Å². The standard InChI is InChI=1S/C8H8N4O2/c9-5-7-10-8(12(13)14)6-3-1-2-4-11(6)7/h1-4H,5,9H2. The van der Waals surface area contributed by atoms with E-state index in [0.29, 0.717) is 11.3 Å². The zero-order valence-corrected chi connectivity index (χ0v) is 7.25. The van der Waals surface area contributed by atoms with Crippen LogP contribution in [-0.4, -0.2) is 14.3 Å². The molecule has 0 aliphatic heterocycles. The van der Waals surface area contributed by atoms with E-state index in [0.717, 1.165) is 0 Å². The van der Waals surface area contributed by atoms with Crippen LogP contribution in [0.25, 0.3) is 5.52 Å². The molecule has 0 atom stereocenters. The first kappa shape index (κ1) is 8.64. The zero-order valence-electron chi connectivity index (χ0n) is 7.25. The molecule has 2 aromatic rings. The van der Waals surface area contributed by atoms with Crippen LogP contribution < -0.4 is 5.73 Å². The first-order valence-corrected chi connectivity index (χ1v) is 4.04. The summed E-state index contributed by atoms with van der Waals surface area (Å²) in [6.45, 7) is 0.180. The minimum atomic E-state index is -0.505. The zero-order chi connectivity index (χ0) is 10.1. The molecule has 0 unspecified atom stereocenters. The predicted molar refractivity (Wildman–Crippen MR) is 49.7 cm³/mol. The van der Waals surface area contributed by atoms with Gasteiger partial charge in [0.25, 0.3) is 0 Å². The van der Waals surface area contributed by atoms with Gasteiger partial charge in [0, 0.05) is 6.20 Å². The van der Waals surface area contributed by atoms with Gasteiger partial charge in [-0.2, -0.15) is 0 Å². The molecule has 6 nitrogen and oxygen atoms in total. The fraction of sp³-hybridized carbons (Fsp3) is 0.125. The minimum absolute atomic E-state index is 0.147. The minimum Gasteiger partial charge on any atom is -0.358 e. The van der Waals surface area contributed by atoms with E-state index in [-0.39, 0.29) is 12.4 Å². The summed E-state index contributed by atoms with van der Waals surface area (Å²) in [5.74, 6) is 0.346. The average Bonchev–Trinajstić information content (AvgIpc) is 2.56. The number of nitrogens with two attached hydrogens (primary N) is 1. The molecule has 0 bridgehead atoms. The van der Waals surface area contributed by atoms with Crippen LogP contribution in [0.2, 0.25) is 0 Å². The second-order valence-corrected chi connectivity index (χ2v) is 2.77. The summed E-state index contributed by atoms with van der Waals surface area (Å²) in [5, 5.41) is 10.6. The van der Waals surface area contributed by atoms with Crippen molar-refractivity contribution < 1.29 is 4.92 Å². The molecule has 2 N–H and O–H groups in total. The van der Waals surface area contributed by atoms with Crippen molar-refractivity contribution in [1.82, 2.24) is 9.38 Å². The maximum absolute atomic E-state index is 10.6. The molecule has 0 saturated carbocycles. The van der Waals surface area contributed by atoms with Gasteiger partial charge in [-0.3, -0.25) is 4.40 Å². The lowest BCUT2D eigenvalue weighted by molar-refractivity contribution is -0.387.